The third kappa shape index (κ3) is 11.3. The van der Waals surface area contributed by atoms with Crippen LogP contribution in [0.25, 0.3) is 0 Å². The number of carbonyl (C=O) groups excluding carboxylic acids is 2. The van der Waals surface area contributed by atoms with Crippen molar-refractivity contribution in [2.24, 2.45) is 0 Å². The zero-order chi connectivity index (χ0) is 20.1. The van der Waals surface area contributed by atoms with Gasteiger partial charge in [0.25, 0.3) is 0 Å². The summed E-state index contributed by atoms with van der Waals surface area (Å²) in [7, 11) is 0. The molecular formula is C22H35NO4. The Morgan fingerprint density at radius 3 is 2.30 bits per heavy atom. The molecule has 0 bridgehead atoms. The lowest BCUT2D eigenvalue weighted by Gasteiger charge is -2.21. The second-order valence-electron chi connectivity index (χ2n) is 7.85. The Morgan fingerprint density at radius 2 is 1.70 bits per heavy atom. The van der Waals surface area contributed by atoms with Crippen LogP contribution in [-0.2, 0) is 16.0 Å². The van der Waals surface area contributed by atoms with Gasteiger partial charge in [-0.3, -0.25) is 0 Å². The van der Waals surface area contributed by atoms with Crippen LogP contribution in [0.2, 0.25) is 0 Å². The number of carbonyl (C=O) groups is 2. The monoisotopic (exact) mass is 377 g/mol. The number of unbranched alkanes of at least 4 members (excludes halogenated alkanes) is 5. The molecule has 1 rings (SSSR count). The van der Waals surface area contributed by atoms with Gasteiger partial charge in [0.15, 0.2) is 0 Å². The second-order valence-corrected chi connectivity index (χ2v) is 7.85. The van der Waals surface area contributed by atoms with E-state index in [-0.39, 0.29) is 0 Å². The molecule has 0 saturated carbocycles. The van der Waals surface area contributed by atoms with Gasteiger partial charge in [-0.15, -0.1) is 0 Å². The number of hydrogen-bond acceptors (Lipinski definition) is 4. The van der Waals surface area contributed by atoms with Crippen LogP contribution in [0.5, 0.6) is 5.75 Å². The molecule has 1 aromatic carbocycles. The fraction of sp³-hybridized carbons (Fsp3) is 0.636. The van der Waals surface area contributed by atoms with Crippen molar-refractivity contribution in [1.82, 2.24) is 5.32 Å². The first-order chi connectivity index (χ1) is 12.8. The lowest BCUT2D eigenvalue weighted by molar-refractivity contribution is -0.109. The van der Waals surface area contributed by atoms with E-state index in [0.29, 0.717) is 6.42 Å². The first kappa shape index (κ1) is 23.0. The van der Waals surface area contributed by atoms with E-state index >= 15 is 0 Å². The van der Waals surface area contributed by atoms with E-state index in [1.165, 1.54) is 32.1 Å². The van der Waals surface area contributed by atoms with Gasteiger partial charge in [-0.2, -0.15) is 0 Å². The average Bonchev–Trinajstić information content (AvgIpc) is 2.60. The van der Waals surface area contributed by atoms with Gasteiger partial charge in [-0.05, 0) is 51.3 Å². The normalized spacial score (nSPS) is 12.3. The molecule has 0 aliphatic rings. The van der Waals surface area contributed by atoms with Crippen molar-refractivity contribution in [2.45, 2.75) is 84.3 Å². The Balaban J connectivity index is 2.35. The molecule has 0 saturated heterocycles. The highest BCUT2D eigenvalue weighted by Crippen LogP contribution is 2.15. The van der Waals surface area contributed by atoms with Crippen LogP contribution in [0.3, 0.4) is 0 Å². The first-order valence-corrected chi connectivity index (χ1v) is 10.0. The number of ether oxygens (including phenoxy) is 2. The fourth-order valence-electron chi connectivity index (χ4n) is 2.64. The van der Waals surface area contributed by atoms with Gasteiger partial charge in [0.05, 0.1) is 12.6 Å². The summed E-state index contributed by atoms with van der Waals surface area (Å²) in [6.07, 6.45) is 7.99. The van der Waals surface area contributed by atoms with Crippen molar-refractivity contribution in [3.63, 3.8) is 0 Å². The Kier molecular flexibility index (Phi) is 10.5. The Hall–Kier alpha value is -2.04. The predicted molar refractivity (Wildman–Crippen MR) is 108 cm³/mol. The maximum atomic E-state index is 11.8. The number of alkyl carbamates (subject to hydrolysis) is 1. The summed E-state index contributed by atoms with van der Waals surface area (Å²) in [6, 6.07) is 7.03. The number of amides is 1. The van der Waals surface area contributed by atoms with Gasteiger partial charge in [-0.1, -0.05) is 51.2 Å². The van der Waals surface area contributed by atoms with Crippen LogP contribution in [0.1, 0.15) is 71.8 Å². The summed E-state index contributed by atoms with van der Waals surface area (Å²) in [6.45, 7) is 8.30. The minimum absolute atomic E-state index is 0.417. The number of nitrogens with one attached hydrogen (secondary N) is 1. The van der Waals surface area contributed by atoms with Crippen LogP contribution in [-0.4, -0.2) is 30.6 Å². The van der Waals surface area contributed by atoms with E-state index in [1.807, 2.05) is 24.3 Å². The van der Waals surface area contributed by atoms with Gasteiger partial charge in [0.1, 0.15) is 17.6 Å². The third-order valence-corrected chi connectivity index (χ3v) is 4.01. The fourth-order valence-corrected chi connectivity index (χ4v) is 2.64. The SMILES string of the molecule is CCCCCCCCOc1ccc(CC(C=O)NC(=O)OC(C)(C)C)cc1. The molecule has 1 unspecified atom stereocenters. The minimum Gasteiger partial charge on any atom is -0.494 e. The molecule has 0 radical (unpaired) electrons. The number of benzene rings is 1. The molecule has 0 heterocycles. The highest BCUT2D eigenvalue weighted by Gasteiger charge is 2.19. The highest BCUT2D eigenvalue weighted by atomic mass is 16.6. The molecule has 0 aromatic heterocycles. The maximum absolute atomic E-state index is 11.8. The summed E-state index contributed by atoms with van der Waals surface area (Å²) in [5, 5.41) is 2.59. The molecule has 1 N–H and O–H groups in total. The highest BCUT2D eigenvalue weighted by molar-refractivity contribution is 5.73. The van der Waals surface area contributed by atoms with Crippen LogP contribution >= 0.6 is 0 Å². The van der Waals surface area contributed by atoms with Crippen LogP contribution in [0.4, 0.5) is 4.79 Å². The predicted octanol–water partition coefficient (Wildman–Crippen LogP) is 5.06. The summed E-state index contributed by atoms with van der Waals surface area (Å²) >= 11 is 0. The number of hydrogen-bond donors (Lipinski definition) is 1. The van der Waals surface area contributed by atoms with E-state index in [1.54, 1.807) is 20.8 Å². The summed E-state index contributed by atoms with van der Waals surface area (Å²) in [4.78, 5) is 23.0. The van der Waals surface area contributed by atoms with E-state index in [0.717, 1.165) is 30.6 Å². The third-order valence-electron chi connectivity index (χ3n) is 4.01. The molecule has 0 aliphatic heterocycles. The van der Waals surface area contributed by atoms with Crippen molar-refractivity contribution in [3.05, 3.63) is 29.8 Å². The minimum atomic E-state index is -0.616. The van der Waals surface area contributed by atoms with Crippen molar-refractivity contribution >= 4 is 12.4 Å². The van der Waals surface area contributed by atoms with Crippen molar-refractivity contribution in [1.29, 1.82) is 0 Å². The molecule has 0 aliphatic carbocycles. The zero-order valence-electron chi connectivity index (χ0n) is 17.3. The quantitative estimate of drug-likeness (QED) is 0.408. The Labute approximate surface area is 163 Å². The zero-order valence-corrected chi connectivity index (χ0v) is 17.3. The summed E-state index contributed by atoms with van der Waals surface area (Å²) in [5.74, 6) is 0.829. The van der Waals surface area contributed by atoms with E-state index in [4.69, 9.17) is 9.47 Å². The molecule has 27 heavy (non-hydrogen) atoms. The molecule has 0 spiro atoms. The van der Waals surface area contributed by atoms with E-state index in [2.05, 4.69) is 12.2 Å². The second kappa shape index (κ2) is 12.4. The Bertz CT molecular complexity index is 548. The molecule has 5 heteroatoms. The molecule has 1 aromatic rings. The molecule has 152 valence electrons. The van der Waals surface area contributed by atoms with Gasteiger partial charge in [-0.25, -0.2) is 4.79 Å². The van der Waals surface area contributed by atoms with Crippen molar-refractivity contribution in [3.8, 4) is 5.75 Å². The smallest absolute Gasteiger partial charge is 0.408 e. The van der Waals surface area contributed by atoms with Crippen LogP contribution in [0, 0.1) is 0 Å². The molecular weight excluding hydrogens is 342 g/mol. The lowest BCUT2D eigenvalue weighted by atomic mass is 10.1. The molecule has 1 atom stereocenters. The van der Waals surface area contributed by atoms with Gasteiger partial charge < -0.3 is 19.6 Å². The molecule has 0 fully saturated rings. The summed E-state index contributed by atoms with van der Waals surface area (Å²) in [5.41, 5.74) is 0.363. The summed E-state index contributed by atoms with van der Waals surface area (Å²) < 4.78 is 10.9. The van der Waals surface area contributed by atoms with Crippen LogP contribution in [0.15, 0.2) is 24.3 Å². The lowest BCUT2D eigenvalue weighted by Crippen LogP contribution is -2.41. The average molecular weight is 378 g/mol. The Morgan fingerprint density at radius 1 is 1.07 bits per heavy atom. The maximum Gasteiger partial charge on any atom is 0.408 e. The molecule has 1 amide bonds. The van der Waals surface area contributed by atoms with E-state index in [9.17, 15) is 9.59 Å². The van der Waals surface area contributed by atoms with Crippen molar-refractivity contribution < 1.29 is 19.1 Å². The standard InChI is InChI=1S/C22H35NO4/c1-5-6-7-8-9-10-15-26-20-13-11-18(12-14-20)16-19(17-24)23-21(25)27-22(2,3)4/h11-14,17,19H,5-10,15-16H2,1-4H3,(H,23,25). The van der Waals surface area contributed by atoms with Gasteiger partial charge >= 0.3 is 6.09 Å². The molecule has 5 nitrogen and oxygen atoms in total. The van der Waals surface area contributed by atoms with Crippen molar-refractivity contribution in [2.75, 3.05) is 6.61 Å². The number of aldehydes is 1. The largest absolute Gasteiger partial charge is 0.494 e. The first-order valence-electron chi connectivity index (χ1n) is 10.0. The number of rotatable bonds is 12. The van der Waals surface area contributed by atoms with Gasteiger partial charge in [0.2, 0.25) is 0 Å². The van der Waals surface area contributed by atoms with E-state index < -0.39 is 17.7 Å². The van der Waals surface area contributed by atoms with Crippen LogP contribution < -0.4 is 10.1 Å². The van der Waals surface area contributed by atoms with Gasteiger partial charge in [0, 0.05) is 0 Å². The topological polar surface area (TPSA) is 64.6 Å².